The predicted octanol–water partition coefficient (Wildman–Crippen LogP) is 0.727. The van der Waals surface area contributed by atoms with E-state index in [0.29, 0.717) is 12.1 Å². The van der Waals surface area contributed by atoms with Gasteiger partial charge in [-0.15, -0.1) is 4.68 Å². The van der Waals surface area contributed by atoms with Crippen molar-refractivity contribution in [1.29, 1.82) is 0 Å². The smallest absolute Gasteiger partial charge is 0.137 e. The molecule has 1 rings (SSSR count). The molecule has 0 saturated heterocycles. The standard InChI is InChI=1S/C7H15N4/c1-6(2)10-5-11(7(3)4)9-8-10/h5-7H,1-4H3/q+1. The lowest BCUT2D eigenvalue weighted by Crippen LogP contribution is -2.37. The van der Waals surface area contributed by atoms with E-state index in [4.69, 9.17) is 0 Å². The van der Waals surface area contributed by atoms with Crippen LogP contribution in [0.3, 0.4) is 0 Å². The molecule has 0 spiro atoms. The summed E-state index contributed by atoms with van der Waals surface area (Å²) < 4.78 is 3.69. The quantitative estimate of drug-likeness (QED) is 0.590. The summed E-state index contributed by atoms with van der Waals surface area (Å²) in [5.41, 5.74) is 0. The molecule has 1 heterocycles. The fourth-order valence-corrected chi connectivity index (χ4v) is 0.733. The van der Waals surface area contributed by atoms with Crippen LogP contribution >= 0.6 is 0 Å². The van der Waals surface area contributed by atoms with E-state index in [-0.39, 0.29) is 0 Å². The molecule has 0 radical (unpaired) electrons. The van der Waals surface area contributed by atoms with Crippen LogP contribution in [0.15, 0.2) is 6.33 Å². The molecule has 4 heteroatoms. The van der Waals surface area contributed by atoms with Crippen LogP contribution in [0.4, 0.5) is 0 Å². The molecule has 62 valence electrons. The molecule has 0 bridgehead atoms. The summed E-state index contributed by atoms with van der Waals surface area (Å²) in [6.45, 7) is 8.33. The van der Waals surface area contributed by atoms with Crippen LogP contribution < -0.4 is 4.68 Å². The molecule has 0 aliphatic heterocycles. The number of nitrogens with zero attached hydrogens (tertiary/aromatic N) is 4. The highest BCUT2D eigenvalue weighted by atomic mass is 15.6. The highest BCUT2D eigenvalue weighted by molar-refractivity contribution is 4.48. The molecule has 0 aliphatic carbocycles. The summed E-state index contributed by atoms with van der Waals surface area (Å²) in [7, 11) is 0. The van der Waals surface area contributed by atoms with Gasteiger partial charge in [0.2, 0.25) is 6.33 Å². The maximum absolute atomic E-state index is 3.97. The fourth-order valence-electron chi connectivity index (χ4n) is 0.733. The zero-order chi connectivity index (χ0) is 8.43. The summed E-state index contributed by atoms with van der Waals surface area (Å²) in [4.78, 5) is 0. The van der Waals surface area contributed by atoms with Crippen LogP contribution in [0.5, 0.6) is 0 Å². The van der Waals surface area contributed by atoms with Gasteiger partial charge in [0.25, 0.3) is 0 Å². The molecule has 1 aromatic heterocycles. The third kappa shape index (κ3) is 1.76. The van der Waals surface area contributed by atoms with E-state index in [1.807, 2.05) is 15.7 Å². The molecule has 0 atom stereocenters. The second kappa shape index (κ2) is 2.98. The summed E-state index contributed by atoms with van der Waals surface area (Å²) in [6.07, 6.45) is 1.93. The van der Waals surface area contributed by atoms with Gasteiger partial charge < -0.3 is 0 Å². The Labute approximate surface area is 66.8 Å². The molecule has 1 aromatic rings. The Morgan fingerprint density at radius 3 is 2.18 bits per heavy atom. The van der Waals surface area contributed by atoms with Crippen LogP contribution in [-0.4, -0.2) is 15.1 Å². The Bertz CT molecular complexity index is 204. The lowest BCUT2D eigenvalue weighted by molar-refractivity contribution is -0.772. The maximum atomic E-state index is 3.97. The van der Waals surface area contributed by atoms with Crippen molar-refractivity contribution in [3.8, 4) is 0 Å². The van der Waals surface area contributed by atoms with Crippen molar-refractivity contribution in [1.82, 2.24) is 15.1 Å². The van der Waals surface area contributed by atoms with Gasteiger partial charge in [-0.25, -0.2) is 0 Å². The molecule has 4 nitrogen and oxygen atoms in total. The van der Waals surface area contributed by atoms with Gasteiger partial charge in [-0.2, -0.15) is 0 Å². The Hall–Kier alpha value is -0.930. The van der Waals surface area contributed by atoms with E-state index in [1.165, 1.54) is 0 Å². The maximum Gasteiger partial charge on any atom is 0.245 e. The SMILES string of the molecule is CC(C)n1c[n+](C(C)C)nn1. The minimum absolute atomic E-state index is 0.391. The zero-order valence-corrected chi connectivity index (χ0v) is 7.52. The van der Waals surface area contributed by atoms with Crippen molar-refractivity contribution in [3.05, 3.63) is 6.33 Å². The normalized spacial score (nSPS) is 11.5. The van der Waals surface area contributed by atoms with E-state index in [1.54, 1.807) is 0 Å². The van der Waals surface area contributed by atoms with E-state index in [2.05, 4.69) is 38.1 Å². The van der Waals surface area contributed by atoms with Crippen LogP contribution in [0.2, 0.25) is 0 Å². The molecule has 11 heavy (non-hydrogen) atoms. The molecule has 0 fully saturated rings. The van der Waals surface area contributed by atoms with Crippen molar-refractivity contribution in [2.24, 2.45) is 0 Å². The number of tetrazole rings is 1. The second-order valence-electron chi connectivity index (χ2n) is 3.24. The van der Waals surface area contributed by atoms with Crippen molar-refractivity contribution in [2.75, 3.05) is 0 Å². The van der Waals surface area contributed by atoms with Gasteiger partial charge in [0.15, 0.2) is 5.21 Å². The van der Waals surface area contributed by atoms with Crippen LogP contribution in [-0.2, 0) is 0 Å². The van der Waals surface area contributed by atoms with Crippen molar-refractivity contribution < 1.29 is 4.68 Å². The minimum atomic E-state index is 0.391. The van der Waals surface area contributed by atoms with Gasteiger partial charge in [-0.05, 0) is 27.7 Å². The van der Waals surface area contributed by atoms with Crippen molar-refractivity contribution in [3.63, 3.8) is 0 Å². The van der Waals surface area contributed by atoms with Gasteiger partial charge in [0.1, 0.15) is 11.3 Å². The van der Waals surface area contributed by atoms with Crippen molar-refractivity contribution >= 4 is 0 Å². The highest BCUT2D eigenvalue weighted by Gasteiger charge is 2.12. The van der Waals surface area contributed by atoms with Gasteiger partial charge in [0, 0.05) is 0 Å². The van der Waals surface area contributed by atoms with E-state index < -0.39 is 0 Å². The first-order valence-corrected chi connectivity index (χ1v) is 3.94. The van der Waals surface area contributed by atoms with Gasteiger partial charge in [0.05, 0.1) is 6.04 Å². The monoisotopic (exact) mass is 155 g/mol. The first-order valence-electron chi connectivity index (χ1n) is 3.94. The lowest BCUT2D eigenvalue weighted by Gasteiger charge is -1.95. The minimum Gasteiger partial charge on any atom is -0.137 e. The van der Waals surface area contributed by atoms with Crippen molar-refractivity contribution in [2.45, 2.75) is 39.8 Å². The summed E-state index contributed by atoms with van der Waals surface area (Å²) in [5, 5.41) is 7.93. The summed E-state index contributed by atoms with van der Waals surface area (Å²) >= 11 is 0. The van der Waals surface area contributed by atoms with Gasteiger partial charge in [-0.3, -0.25) is 0 Å². The molecule has 0 aromatic carbocycles. The number of aromatic nitrogens is 4. The molecule has 0 saturated carbocycles. The van der Waals surface area contributed by atoms with E-state index in [9.17, 15) is 0 Å². The Balaban J connectivity index is 2.82. The Kier molecular flexibility index (Phi) is 2.22. The highest BCUT2D eigenvalue weighted by Crippen LogP contribution is 1.97. The first-order chi connectivity index (χ1) is 5.11. The predicted molar refractivity (Wildman–Crippen MR) is 41.0 cm³/mol. The summed E-state index contributed by atoms with van der Waals surface area (Å²) in [5.74, 6) is 0. The van der Waals surface area contributed by atoms with E-state index in [0.717, 1.165) is 0 Å². The average molecular weight is 155 g/mol. The second-order valence-corrected chi connectivity index (χ2v) is 3.24. The number of hydrogen-bond donors (Lipinski definition) is 0. The molecule has 0 unspecified atom stereocenters. The fraction of sp³-hybridized carbons (Fsp3) is 0.857. The van der Waals surface area contributed by atoms with E-state index >= 15 is 0 Å². The van der Waals surface area contributed by atoms with Crippen LogP contribution in [0, 0.1) is 0 Å². The van der Waals surface area contributed by atoms with Crippen LogP contribution in [0.1, 0.15) is 39.8 Å². The zero-order valence-electron chi connectivity index (χ0n) is 7.52. The van der Waals surface area contributed by atoms with Gasteiger partial charge >= 0.3 is 0 Å². The Morgan fingerprint density at radius 1 is 1.27 bits per heavy atom. The number of rotatable bonds is 2. The van der Waals surface area contributed by atoms with Crippen LogP contribution in [0.25, 0.3) is 0 Å². The molecule has 0 aliphatic rings. The average Bonchev–Trinajstić information content (AvgIpc) is 2.33. The molecular formula is C7H15N4+. The topological polar surface area (TPSA) is 34.6 Å². The number of hydrogen-bond acceptors (Lipinski definition) is 2. The largest absolute Gasteiger partial charge is 0.245 e. The first kappa shape index (κ1) is 8.17. The third-order valence-electron chi connectivity index (χ3n) is 1.54. The van der Waals surface area contributed by atoms with Gasteiger partial charge in [-0.1, -0.05) is 4.68 Å². The lowest BCUT2D eigenvalue weighted by atomic mass is 10.4. The molecular weight excluding hydrogens is 140 g/mol. The Morgan fingerprint density at radius 2 is 1.91 bits per heavy atom. The third-order valence-corrected chi connectivity index (χ3v) is 1.54. The molecule has 0 N–H and O–H groups in total. The summed E-state index contributed by atoms with van der Waals surface area (Å²) in [6, 6.07) is 0.782. The molecule has 0 amide bonds.